The lowest BCUT2D eigenvalue weighted by molar-refractivity contribution is -0.174. The molecule has 0 bridgehead atoms. The summed E-state index contributed by atoms with van der Waals surface area (Å²) in [5.74, 6) is -0.906. The Kier molecular flexibility index (Phi) is 7.92. The Morgan fingerprint density at radius 1 is 0.500 bits per heavy atom. The van der Waals surface area contributed by atoms with E-state index in [1.165, 1.54) is 0 Å². The highest BCUT2D eigenvalue weighted by Crippen LogP contribution is 2.69. The summed E-state index contributed by atoms with van der Waals surface area (Å²) < 4.78 is 29.8. The highest BCUT2D eigenvalue weighted by Gasteiger charge is 2.68. The van der Waals surface area contributed by atoms with Gasteiger partial charge in [0.25, 0.3) is 0 Å². The Hall–Kier alpha value is -2.85. The van der Waals surface area contributed by atoms with Gasteiger partial charge in [0.2, 0.25) is 0 Å². The molecule has 230 valence electrons. The summed E-state index contributed by atoms with van der Waals surface area (Å²) in [4.78, 5) is 0. The van der Waals surface area contributed by atoms with Crippen molar-refractivity contribution in [3.05, 3.63) is 142 Å². The molecule has 0 saturated carbocycles. The molecule has 4 aromatic carbocycles. The molecule has 5 heteroatoms. The number of rotatable bonds is 4. The van der Waals surface area contributed by atoms with Gasteiger partial charge in [-0.25, -0.2) is 0 Å². The van der Waals surface area contributed by atoms with Crippen LogP contribution < -0.4 is 0 Å². The molecule has 2 fully saturated rings. The smallest absolute Gasteiger partial charge is 0.178 e. The molecule has 0 aliphatic carbocycles. The van der Waals surface area contributed by atoms with Crippen LogP contribution in [0.2, 0.25) is 0 Å². The number of benzene rings is 4. The third-order valence-corrected chi connectivity index (χ3v) is 11.1. The van der Waals surface area contributed by atoms with Crippen molar-refractivity contribution >= 4 is 8.38 Å². The van der Waals surface area contributed by atoms with Crippen LogP contribution in [0.3, 0.4) is 0 Å². The summed E-state index contributed by atoms with van der Waals surface area (Å²) in [5.41, 5.74) is 6.73. The predicted octanol–water partition coefficient (Wildman–Crippen LogP) is 9.78. The topological polar surface area (TPSA) is 36.9 Å². The molecule has 0 aromatic heterocycles. The molecule has 2 saturated heterocycles. The van der Waals surface area contributed by atoms with Crippen molar-refractivity contribution < 1.29 is 18.5 Å². The Bertz CT molecular complexity index is 1460. The van der Waals surface area contributed by atoms with E-state index in [0.717, 1.165) is 44.5 Å². The molecule has 6 rings (SSSR count). The van der Waals surface area contributed by atoms with E-state index in [9.17, 15) is 0 Å². The van der Waals surface area contributed by atoms with Gasteiger partial charge in [-0.15, -0.1) is 0 Å². The average Bonchev–Trinajstić information content (AvgIpc) is 3.25. The summed E-state index contributed by atoms with van der Waals surface area (Å²) in [5, 5.41) is -0.350. The van der Waals surface area contributed by atoms with Crippen LogP contribution in [-0.2, 0) is 29.7 Å². The number of hydrogen-bond acceptors (Lipinski definition) is 4. The van der Waals surface area contributed by atoms with Crippen molar-refractivity contribution in [1.82, 2.24) is 0 Å². The van der Waals surface area contributed by atoms with E-state index in [2.05, 4.69) is 146 Å². The van der Waals surface area contributed by atoms with Crippen LogP contribution in [-0.4, -0.2) is 23.2 Å². The zero-order valence-electron chi connectivity index (χ0n) is 27.5. The highest BCUT2D eigenvalue weighted by molar-refractivity contribution is 7.49. The Morgan fingerprint density at radius 3 is 1.02 bits per heavy atom. The monoisotopic (exact) mass is 608 g/mol. The van der Waals surface area contributed by atoms with Crippen LogP contribution in [0.4, 0.5) is 0 Å². The summed E-state index contributed by atoms with van der Waals surface area (Å²) in [6, 6.07) is 34.2. The predicted molar refractivity (Wildman–Crippen MR) is 179 cm³/mol. The number of ether oxygens (including phenoxy) is 2. The maximum Gasteiger partial charge on any atom is 0.178 e. The zero-order valence-corrected chi connectivity index (χ0v) is 28.4. The van der Waals surface area contributed by atoms with Gasteiger partial charge >= 0.3 is 0 Å². The molecule has 2 aliphatic rings. The van der Waals surface area contributed by atoms with Gasteiger partial charge in [0.1, 0.15) is 12.2 Å². The number of fused-ring (bicyclic) bond motifs is 1. The van der Waals surface area contributed by atoms with Crippen LogP contribution in [0.1, 0.15) is 79.1 Å². The quantitative estimate of drug-likeness (QED) is 0.216. The summed E-state index contributed by atoms with van der Waals surface area (Å²) in [7, 11) is -1.58. The largest absolute Gasteiger partial charge is 0.341 e. The molecule has 2 atom stereocenters. The summed E-state index contributed by atoms with van der Waals surface area (Å²) >= 11 is 0. The van der Waals surface area contributed by atoms with E-state index in [0.29, 0.717) is 0 Å². The van der Waals surface area contributed by atoms with Crippen LogP contribution >= 0.6 is 8.38 Å². The fourth-order valence-electron chi connectivity index (χ4n) is 7.07. The van der Waals surface area contributed by atoms with Gasteiger partial charge in [-0.1, -0.05) is 118 Å². The third-order valence-electron chi connectivity index (χ3n) is 9.08. The van der Waals surface area contributed by atoms with E-state index in [1.807, 2.05) is 13.8 Å². The lowest BCUT2D eigenvalue weighted by atomic mass is 9.69. The van der Waals surface area contributed by atoms with Crippen molar-refractivity contribution in [2.45, 2.75) is 96.7 Å². The minimum absolute atomic E-state index is 0.350. The first kappa shape index (κ1) is 31.1. The average molecular weight is 609 g/mol. The van der Waals surface area contributed by atoms with Gasteiger partial charge in [0.05, 0.1) is 0 Å². The second-order valence-corrected chi connectivity index (χ2v) is 16.0. The van der Waals surface area contributed by atoms with Crippen molar-refractivity contribution in [2.24, 2.45) is 0 Å². The van der Waals surface area contributed by atoms with Gasteiger partial charge < -0.3 is 18.5 Å². The van der Waals surface area contributed by atoms with Crippen LogP contribution in [0.15, 0.2) is 97.1 Å². The van der Waals surface area contributed by atoms with Gasteiger partial charge in [0.15, 0.2) is 25.4 Å². The van der Waals surface area contributed by atoms with Crippen molar-refractivity contribution in [2.75, 3.05) is 0 Å². The zero-order chi connectivity index (χ0) is 31.5. The molecule has 4 aromatic rings. The van der Waals surface area contributed by atoms with Gasteiger partial charge in [-0.2, -0.15) is 0 Å². The molecular weight excluding hydrogens is 563 g/mol. The fraction of sp³-hybridized carbons (Fsp3) is 0.385. The van der Waals surface area contributed by atoms with Crippen molar-refractivity contribution in [3.8, 4) is 0 Å². The molecule has 4 nitrogen and oxygen atoms in total. The minimum atomic E-state index is -1.58. The lowest BCUT2D eigenvalue weighted by Gasteiger charge is -2.43. The molecule has 0 spiro atoms. The molecule has 2 heterocycles. The Labute approximate surface area is 264 Å². The molecular formula is C39H45O4P. The first-order valence-electron chi connectivity index (χ1n) is 15.6. The number of hydrogen-bond donors (Lipinski definition) is 0. The molecule has 0 unspecified atom stereocenters. The maximum absolute atomic E-state index is 7.72. The summed E-state index contributed by atoms with van der Waals surface area (Å²) in [6.45, 7) is 19.3. The van der Waals surface area contributed by atoms with Crippen LogP contribution in [0.5, 0.6) is 0 Å². The Balaban J connectivity index is 1.80. The van der Waals surface area contributed by atoms with Crippen molar-refractivity contribution in [3.63, 3.8) is 0 Å². The van der Waals surface area contributed by atoms with Crippen LogP contribution in [0.25, 0.3) is 0 Å². The number of aryl methyl sites for hydroxylation is 4. The van der Waals surface area contributed by atoms with Crippen molar-refractivity contribution in [1.29, 1.82) is 0 Å². The molecule has 2 aliphatic heterocycles. The summed E-state index contributed by atoms with van der Waals surface area (Å²) in [6.07, 6.45) is -1.12. The highest BCUT2D eigenvalue weighted by atomic mass is 31.2. The van der Waals surface area contributed by atoms with E-state index in [4.69, 9.17) is 18.5 Å². The van der Waals surface area contributed by atoms with E-state index in [-0.39, 0.29) is 5.16 Å². The van der Waals surface area contributed by atoms with E-state index < -0.39 is 37.6 Å². The molecule has 44 heavy (non-hydrogen) atoms. The fourth-order valence-corrected chi connectivity index (χ4v) is 8.78. The molecule has 0 amide bonds. The standard InChI is InChI=1S/C39H45O4P/c1-26-18-10-14-22-30(26)38(31-23-15-11-19-27(31)2)34-35(41-37(8,9)40-34)39(32-24-16-12-20-28(32)3,33-25-17-13-21-29(33)4)43-44(42-38)36(5,6)7/h10-25,34-35H,1-9H3/t34-,35-/m1/s1. The van der Waals surface area contributed by atoms with Gasteiger partial charge in [0, 0.05) is 5.16 Å². The first-order valence-corrected chi connectivity index (χ1v) is 16.8. The van der Waals surface area contributed by atoms with Gasteiger partial charge in [-0.05, 0) is 86.1 Å². The van der Waals surface area contributed by atoms with Gasteiger partial charge in [-0.3, -0.25) is 0 Å². The van der Waals surface area contributed by atoms with E-state index >= 15 is 0 Å². The van der Waals surface area contributed by atoms with E-state index in [1.54, 1.807) is 0 Å². The third kappa shape index (κ3) is 4.96. The molecule has 0 radical (unpaired) electrons. The second kappa shape index (κ2) is 11.2. The maximum atomic E-state index is 7.72. The Morgan fingerprint density at radius 2 is 0.773 bits per heavy atom. The SMILES string of the molecule is Cc1ccccc1C1(c2ccccc2C)OP(C(C)(C)C)OC(c2ccccc2C)(c2ccccc2C)[C@@H]2OC(C)(C)O[C@H]21. The minimum Gasteiger partial charge on any atom is -0.341 e. The normalized spacial score (nSPS) is 22.8. The second-order valence-electron chi connectivity index (χ2n) is 13.8. The lowest BCUT2D eigenvalue weighted by Crippen LogP contribution is -2.54. The molecule has 0 N–H and O–H groups in total. The first-order chi connectivity index (χ1) is 20.8. The van der Waals surface area contributed by atoms with Crippen LogP contribution in [0, 0.1) is 27.7 Å².